The number of benzene rings is 2. The molecule has 4 nitrogen and oxygen atoms in total. The highest BCUT2D eigenvalue weighted by Crippen LogP contribution is 2.18. The van der Waals surface area contributed by atoms with E-state index in [0.717, 1.165) is 15.7 Å². The first-order valence-electron chi connectivity index (χ1n) is 5.98. The summed E-state index contributed by atoms with van der Waals surface area (Å²) in [5.41, 5.74) is 3.17. The van der Waals surface area contributed by atoms with Crippen LogP contribution in [0.5, 0.6) is 0 Å². The van der Waals surface area contributed by atoms with Gasteiger partial charge in [0, 0.05) is 16.7 Å². The molecular weight excluding hydrogens is 340 g/mol. The van der Waals surface area contributed by atoms with Crippen molar-refractivity contribution in [1.82, 2.24) is 0 Å². The second-order valence-electron chi connectivity index (χ2n) is 4.51. The third kappa shape index (κ3) is 3.82. The molecule has 0 amide bonds. The summed E-state index contributed by atoms with van der Waals surface area (Å²) in [5.74, 6) is 0. The molecule has 0 saturated carbocycles. The topological polar surface area (TPSA) is 72.2 Å². The van der Waals surface area contributed by atoms with Gasteiger partial charge in [-0.1, -0.05) is 28.1 Å². The van der Waals surface area contributed by atoms with Crippen molar-refractivity contribution in [1.29, 1.82) is 0 Å². The fraction of sp³-hybridized carbons (Fsp3) is 0.143. The number of hydrogen-bond acceptors (Lipinski definition) is 3. The summed E-state index contributed by atoms with van der Waals surface area (Å²) in [7, 11) is -3.63. The van der Waals surface area contributed by atoms with E-state index in [1.165, 1.54) is 17.7 Å². The quantitative estimate of drug-likeness (QED) is 0.886. The second-order valence-corrected chi connectivity index (χ2v) is 6.92. The predicted molar refractivity (Wildman–Crippen MR) is 84.0 cm³/mol. The van der Waals surface area contributed by atoms with E-state index in [-0.39, 0.29) is 4.90 Å². The largest absolute Gasteiger partial charge is 0.381 e. The smallest absolute Gasteiger partial charge is 0.238 e. The molecule has 0 fully saturated rings. The van der Waals surface area contributed by atoms with Crippen LogP contribution in [-0.2, 0) is 16.6 Å². The molecule has 2 aromatic carbocycles. The number of anilines is 1. The summed E-state index contributed by atoms with van der Waals surface area (Å²) in [6.45, 7) is 2.71. The molecule has 20 heavy (non-hydrogen) atoms. The summed E-state index contributed by atoms with van der Waals surface area (Å²) in [6, 6.07) is 12.5. The van der Waals surface area contributed by atoms with Gasteiger partial charge >= 0.3 is 0 Å². The van der Waals surface area contributed by atoms with Gasteiger partial charge in [-0.2, -0.15) is 0 Å². The van der Waals surface area contributed by atoms with Crippen LogP contribution < -0.4 is 10.5 Å². The van der Waals surface area contributed by atoms with E-state index >= 15 is 0 Å². The van der Waals surface area contributed by atoms with E-state index in [4.69, 9.17) is 5.14 Å². The highest BCUT2D eigenvalue weighted by molar-refractivity contribution is 9.10. The Morgan fingerprint density at radius 1 is 1.15 bits per heavy atom. The van der Waals surface area contributed by atoms with Crippen molar-refractivity contribution in [3.8, 4) is 0 Å². The molecule has 2 aromatic rings. The number of sulfonamides is 1. The monoisotopic (exact) mass is 354 g/mol. The van der Waals surface area contributed by atoms with Gasteiger partial charge in [-0.25, -0.2) is 13.6 Å². The minimum Gasteiger partial charge on any atom is -0.381 e. The zero-order valence-electron chi connectivity index (χ0n) is 10.9. The van der Waals surface area contributed by atoms with Crippen molar-refractivity contribution in [2.75, 3.05) is 5.32 Å². The molecule has 106 valence electrons. The lowest BCUT2D eigenvalue weighted by atomic mass is 10.1. The van der Waals surface area contributed by atoms with Gasteiger partial charge in [0.2, 0.25) is 10.0 Å². The Bertz CT molecular complexity index is 712. The number of hydrogen-bond donors (Lipinski definition) is 2. The van der Waals surface area contributed by atoms with Crippen LogP contribution in [0.2, 0.25) is 0 Å². The Balaban J connectivity index is 2.06. The maximum Gasteiger partial charge on any atom is 0.238 e. The molecule has 3 N–H and O–H groups in total. The molecule has 2 rings (SSSR count). The minimum atomic E-state index is -3.63. The summed E-state index contributed by atoms with van der Waals surface area (Å²) in [6.07, 6.45) is 0. The number of aryl methyl sites for hydroxylation is 1. The molecule has 0 aliphatic rings. The number of primary sulfonamides is 1. The maximum atomic E-state index is 11.1. The van der Waals surface area contributed by atoms with Crippen molar-refractivity contribution in [3.63, 3.8) is 0 Å². The lowest BCUT2D eigenvalue weighted by Crippen LogP contribution is -2.12. The van der Waals surface area contributed by atoms with Gasteiger partial charge < -0.3 is 5.32 Å². The van der Waals surface area contributed by atoms with Gasteiger partial charge in [-0.05, 0) is 48.4 Å². The average molecular weight is 355 g/mol. The van der Waals surface area contributed by atoms with E-state index in [9.17, 15) is 8.42 Å². The van der Waals surface area contributed by atoms with Crippen LogP contribution in [0.4, 0.5) is 5.69 Å². The van der Waals surface area contributed by atoms with Crippen LogP contribution >= 0.6 is 15.9 Å². The number of nitrogens with one attached hydrogen (secondary N) is 1. The van der Waals surface area contributed by atoms with Crippen LogP contribution in [0.15, 0.2) is 51.8 Å². The summed E-state index contributed by atoms with van der Waals surface area (Å²) in [4.78, 5) is 0.113. The molecule has 0 aliphatic heterocycles. The molecule has 0 radical (unpaired) electrons. The SMILES string of the molecule is Cc1cc(CNc2ccc(S(N)(=O)=O)cc2)ccc1Br. The summed E-state index contributed by atoms with van der Waals surface area (Å²) in [5, 5.41) is 8.29. The highest BCUT2D eigenvalue weighted by Gasteiger charge is 2.06. The number of nitrogens with two attached hydrogens (primary N) is 1. The molecular formula is C14H15BrN2O2S. The molecule has 0 aromatic heterocycles. The third-order valence-corrected chi connectivity index (χ3v) is 4.72. The number of halogens is 1. The van der Waals surface area contributed by atoms with Gasteiger partial charge in [0.1, 0.15) is 0 Å². The zero-order chi connectivity index (χ0) is 14.8. The first kappa shape index (κ1) is 15.0. The van der Waals surface area contributed by atoms with Crippen molar-refractivity contribution >= 4 is 31.6 Å². The van der Waals surface area contributed by atoms with Crippen molar-refractivity contribution < 1.29 is 8.42 Å². The molecule has 0 aliphatic carbocycles. The van der Waals surface area contributed by atoms with Gasteiger partial charge in [0.15, 0.2) is 0 Å². The van der Waals surface area contributed by atoms with Crippen molar-refractivity contribution in [3.05, 3.63) is 58.1 Å². The Hall–Kier alpha value is -1.37. The number of rotatable bonds is 4. The van der Waals surface area contributed by atoms with E-state index in [1.807, 2.05) is 19.1 Å². The standard InChI is InChI=1S/C14H15BrN2O2S/c1-10-8-11(2-7-14(10)15)9-17-12-3-5-13(6-4-12)20(16,18)19/h2-8,17H,9H2,1H3,(H2,16,18,19). The van der Waals surface area contributed by atoms with Crippen LogP contribution in [-0.4, -0.2) is 8.42 Å². The summed E-state index contributed by atoms with van der Waals surface area (Å²) < 4.78 is 23.4. The van der Waals surface area contributed by atoms with E-state index in [0.29, 0.717) is 6.54 Å². The Kier molecular flexibility index (Phi) is 4.47. The van der Waals surface area contributed by atoms with E-state index in [2.05, 4.69) is 27.3 Å². The van der Waals surface area contributed by atoms with Gasteiger partial charge in [0.25, 0.3) is 0 Å². The van der Waals surface area contributed by atoms with Crippen molar-refractivity contribution in [2.45, 2.75) is 18.4 Å². The molecule has 6 heteroatoms. The lowest BCUT2D eigenvalue weighted by molar-refractivity contribution is 0.598. The normalized spacial score (nSPS) is 11.3. The predicted octanol–water partition coefficient (Wildman–Crippen LogP) is 3.02. The first-order valence-corrected chi connectivity index (χ1v) is 8.32. The molecule has 0 spiro atoms. The Morgan fingerprint density at radius 3 is 2.35 bits per heavy atom. The molecule has 0 heterocycles. The fourth-order valence-corrected chi connectivity index (χ4v) is 2.55. The Labute approximate surface area is 127 Å². The van der Waals surface area contributed by atoms with E-state index < -0.39 is 10.0 Å². The first-order chi connectivity index (χ1) is 9.36. The Morgan fingerprint density at radius 2 is 1.80 bits per heavy atom. The average Bonchev–Trinajstić information content (AvgIpc) is 2.40. The zero-order valence-corrected chi connectivity index (χ0v) is 13.3. The molecule has 0 bridgehead atoms. The highest BCUT2D eigenvalue weighted by atomic mass is 79.9. The van der Waals surface area contributed by atoms with Crippen LogP contribution in [0, 0.1) is 6.92 Å². The fourth-order valence-electron chi connectivity index (χ4n) is 1.78. The van der Waals surface area contributed by atoms with Crippen LogP contribution in [0.1, 0.15) is 11.1 Å². The molecule has 0 unspecified atom stereocenters. The van der Waals surface area contributed by atoms with E-state index in [1.54, 1.807) is 12.1 Å². The van der Waals surface area contributed by atoms with Crippen LogP contribution in [0.3, 0.4) is 0 Å². The molecule has 0 saturated heterocycles. The van der Waals surface area contributed by atoms with Gasteiger partial charge in [0.05, 0.1) is 4.90 Å². The third-order valence-electron chi connectivity index (χ3n) is 2.90. The van der Waals surface area contributed by atoms with Gasteiger partial charge in [-0.15, -0.1) is 0 Å². The second kappa shape index (κ2) is 5.95. The lowest BCUT2D eigenvalue weighted by Gasteiger charge is -2.08. The molecule has 0 atom stereocenters. The minimum absolute atomic E-state index is 0.113. The van der Waals surface area contributed by atoms with Gasteiger partial charge in [-0.3, -0.25) is 0 Å². The van der Waals surface area contributed by atoms with Crippen molar-refractivity contribution in [2.24, 2.45) is 5.14 Å². The maximum absolute atomic E-state index is 11.1. The summed E-state index contributed by atoms with van der Waals surface area (Å²) >= 11 is 3.46. The van der Waals surface area contributed by atoms with Crippen LogP contribution in [0.25, 0.3) is 0 Å².